The van der Waals surface area contributed by atoms with Gasteiger partial charge in [0.15, 0.2) is 0 Å². The van der Waals surface area contributed by atoms with E-state index in [0.717, 1.165) is 5.69 Å². The second-order valence-corrected chi connectivity index (χ2v) is 10.9. The Labute approximate surface area is 206 Å². The van der Waals surface area contributed by atoms with Crippen molar-refractivity contribution in [3.05, 3.63) is 36.2 Å². The van der Waals surface area contributed by atoms with E-state index in [-0.39, 0.29) is 48.3 Å². The minimum absolute atomic E-state index is 0.0542. The van der Waals surface area contributed by atoms with Crippen LogP contribution in [0.2, 0.25) is 0 Å². The number of likely N-dealkylation sites (N-methyl/N-ethyl adjacent to an activating group) is 1. The van der Waals surface area contributed by atoms with Crippen LogP contribution in [0.25, 0.3) is 0 Å². The monoisotopic (exact) mass is 509 g/mol. The lowest BCUT2D eigenvalue weighted by molar-refractivity contribution is -0.136. The number of para-hydroxylation sites is 1. The number of hydrogen-bond donors (Lipinski definition) is 1. The van der Waals surface area contributed by atoms with E-state index in [1.807, 2.05) is 6.92 Å². The third-order valence-corrected chi connectivity index (χ3v) is 8.20. The molecule has 1 N–H and O–H groups in total. The van der Waals surface area contributed by atoms with E-state index < -0.39 is 16.1 Å². The van der Waals surface area contributed by atoms with Gasteiger partial charge in [0.2, 0.25) is 15.9 Å². The first-order valence-electron chi connectivity index (χ1n) is 11.7. The van der Waals surface area contributed by atoms with Crippen molar-refractivity contribution >= 4 is 15.9 Å². The minimum Gasteiger partial charge on any atom is -0.495 e. The highest BCUT2D eigenvalue weighted by atomic mass is 32.2. The Morgan fingerprint density at radius 2 is 2.09 bits per heavy atom. The number of nitrogens with zero attached hydrogens (tertiary/aromatic N) is 5. The van der Waals surface area contributed by atoms with Crippen LogP contribution in [0.3, 0.4) is 0 Å². The van der Waals surface area contributed by atoms with Gasteiger partial charge in [-0.05, 0) is 25.5 Å². The quantitative estimate of drug-likeness (QED) is 0.589. The summed E-state index contributed by atoms with van der Waals surface area (Å²) in [6, 6.07) is 6.09. The summed E-state index contributed by atoms with van der Waals surface area (Å²) in [5, 5.41) is 17.8. The molecule has 0 radical (unpaired) electrons. The maximum Gasteiger partial charge on any atom is 0.246 e. The lowest BCUT2D eigenvalue weighted by Crippen LogP contribution is -2.47. The van der Waals surface area contributed by atoms with Gasteiger partial charge in [-0.2, -0.15) is 4.31 Å². The number of carbonyl (C=O) groups is 1. The molecule has 0 saturated heterocycles. The molecule has 1 aliphatic heterocycles. The van der Waals surface area contributed by atoms with Crippen LogP contribution in [0.15, 0.2) is 35.4 Å². The van der Waals surface area contributed by atoms with Crippen molar-refractivity contribution in [2.24, 2.45) is 5.92 Å². The van der Waals surface area contributed by atoms with Crippen molar-refractivity contribution in [2.75, 3.05) is 33.9 Å². The second kappa shape index (κ2) is 11.9. The maximum atomic E-state index is 13.4. The van der Waals surface area contributed by atoms with Gasteiger partial charge in [0.05, 0.1) is 44.4 Å². The predicted molar refractivity (Wildman–Crippen MR) is 128 cm³/mol. The van der Waals surface area contributed by atoms with E-state index in [1.165, 1.54) is 24.5 Å². The van der Waals surface area contributed by atoms with Crippen molar-refractivity contribution in [1.29, 1.82) is 0 Å². The van der Waals surface area contributed by atoms with E-state index in [2.05, 4.69) is 10.3 Å². The number of rotatable bonds is 7. The summed E-state index contributed by atoms with van der Waals surface area (Å²) in [5.74, 6) is -0.0445. The van der Waals surface area contributed by atoms with Gasteiger partial charge >= 0.3 is 0 Å². The first-order chi connectivity index (χ1) is 16.7. The fraction of sp³-hybridized carbons (Fsp3) is 0.609. The van der Waals surface area contributed by atoms with Crippen LogP contribution < -0.4 is 4.74 Å². The number of aliphatic hydroxyl groups excluding tert-OH is 1. The molecule has 1 aliphatic rings. The number of sulfonamides is 1. The molecule has 1 amide bonds. The molecule has 0 saturated carbocycles. The summed E-state index contributed by atoms with van der Waals surface area (Å²) in [6.45, 7) is 4.63. The highest BCUT2D eigenvalue weighted by Gasteiger charge is 2.32. The van der Waals surface area contributed by atoms with Crippen LogP contribution in [0.4, 0.5) is 0 Å². The number of aryl methyl sites for hydroxylation is 1. The van der Waals surface area contributed by atoms with Gasteiger partial charge in [-0.15, -0.1) is 5.10 Å². The molecule has 0 spiro atoms. The smallest absolute Gasteiger partial charge is 0.246 e. The minimum atomic E-state index is -3.87. The largest absolute Gasteiger partial charge is 0.495 e. The molecule has 11 nitrogen and oxygen atoms in total. The molecule has 3 atom stereocenters. The zero-order valence-electron chi connectivity index (χ0n) is 20.7. The van der Waals surface area contributed by atoms with Crippen LogP contribution in [0.1, 0.15) is 32.4 Å². The molecule has 3 rings (SSSR count). The topological polar surface area (TPSA) is 127 Å². The van der Waals surface area contributed by atoms with Crippen LogP contribution >= 0.6 is 0 Å². The Morgan fingerprint density at radius 1 is 1.34 bits per heavy atom. The van der Waals surface area contributed by atoms with Gasteiger partial charge < -0.3 is 19.5 Å². The fourth-order valence-corrected chi connectivity index (χ4v) is 5.43. The number of fused-ring (bicyclic) bond motifs is 1. The number of hydrogen-bond acceptors (Lipinski definition) is 8. The molecule has 0 fully saturated rings. The zero-order chi connectivity index (χ0) is 25.6. The zero-order valence-corrected chi connectivity index (χ0v) is 21.5. The summed E-state index contributed by atoms with van der Waals surface area (Å²) < 4.78 is 41.2. The third-order valence-electron chi connectivity index (χ3n) is 6.33. The molecule has 1 aromatic carbocycles. The molecule has 0 unspecified atom stereocenters. The summed E-state index contributed by atoms with van der Waals surface area (Å²) in [6.07, 6.45) is 1.96. The predicted octanol–water partition coefficient (Wildman–Crippen LogP) is 1.13. The van der Waals surface area contributed by atoms with Gasteiger partial charge in [0, 0.05) is 39.0 Å². The number of amides is 1. The molecule has 194 valence electrons. The van der Waals surface area contributed by atoms with Crippen molar-refractivity contribution in [3.63, 3.8) is 0 Å². The summed E-state index contributed by atoms with van der Waals surface area (Å²) in [4.78, 5) is 14.7. The van der Waals surface area contributed by atoms with E-state index >= 15 is 0 Å². The number of methoxy groups -OCH3 is 1. The number of benzene rings is 1. The number of ether oxygens (including phenoxy) is 2. The fourth-order valence-electron chi connectivity index (χ4n) is 4.10. The van der Waals surface area contributed by atoms with Gasteiger partial charge in [-0.25, -0.2) is 13.1 Å². The molecule has 35 heavy (non-hydrogen) atoms. The van der Waals surface area contributed by atoms with Gasteiger partial charge in [0.1, 0.15) is 10.6 Å². The normalized spacial score (nSPS) is 21.2. The molecule has 0 aliphatic carbocycles. The van der Waals surface area contributed by atoms with Crippen LogP contribution in [0.5, 0.6) is 5.75 Å². The number of aromatic nitrogens is 3. The number of carbonyl (C=O) groups excluding carboxylic acids is 1. The Bertz CT molecular complexity index is 1090. The Kier molecular flexibility index (Phi) is 9.22. The van der Waals surface area contributed by atoms with Gasteiger partial charge in [0.25, 0.3) is 0 Å². The van der Waals surface area contributed by atoms with E-state index in [4.69, 9.17) is 9.47 Å². The number of aliphatic hydroxyl groups is 1. The third kappa shape index (κ3) is 6.37. The SMILES string of the molecule is COc1ccccc1S(=O)(=O)N(C)C[C@@H]1OCc2cnnn2CCCC(=O)N([C@H](C)CO)C[C@H]1C. The first-order valence-corrected chi connectivity index (χ1v) is 13.1. The van der Waals surface area contributed by atoms with Crippen molar-refractivity contribution in [3.8, 4) is 5.75 Å². The van der Waals surface area contributed by atoms with Crippen molar-refractivity contribution in [1.82, 2.24) is 24.2 Å². The van der Waals surface area contributed by atoms with Gasteiger partial charge in [-0.3, -0.25) is 4.79 Å². The molecule has 1 aromatic heterocycles. The summed E-state index contributed by atoms with van der Waals surface area (Å²) in [7, 11) is -0.945. The Morgan fingerprint density at radius 3 is 2.80 bits per heavy atom. The van der Waals surface area contributed by atoms with E-state index in [9.17, 15) is 18.3 Å². The average molecular weight is 510 g/mol. The van der Waals surface area contributed by atoms with Gasteiger partial charge in [-0.1, -0.05) is 24.3 Å². The molecule has 2 heterocycles. The Balaban J connectivity index is 1.89. The van der Waals surface area contributed by atoms with E-state index in [0.29, 0.717) is 25.9 Å². The summed E-state index contributed by atoms with van der Waals surface area (Å²) in [5.41, 5.74) is 0.756. The second-order valence-electron chi connectivity index (χ2n) is 8.89. The lowest BCUT2D eigenvalue weighted by Gasteiger charge is -2.35. The maximum absolute atomic E-state index is 13.4. The molecule has 12 heteroatoms. The standard InChI is InChI=1S/C23H35N5O6S/c1-17-13-27(18(2)15-29)23(30)10-7-11-28-19(12-24-25-28)16-34-21(17)14-26(3)35(31,32)22-9-6-5-8-20(22)33-4/h5-6,8-9,12,17-18,21,29H,7,10-11,13-16H2,1-4H3/t17-,18-,21+/m1/s1. The highest BCUT2D eigenvalue weighted by Crippen LogP contribution is 2.27. The van der Waals surface area contributed by atoms with Crippen LogP contribution in [0, 0.1) is 5.92 Å². The van der Waals surface area contributed by atoms with E-state index in [1.54, 1.807) is 40.9 Å². The molecule has 0 bridgehead atoms. The Hall–Kier alpha value is -2.54. The first kappa shape index (κ1) is 27.1. The molecular weight excluding hydrogens is 474 g/mol. The average Bonchev–Trinajstić information content (AvgIpc) is 3.30. The molecule has 2 aromatic rings. The lowest BCUT2D eigenvalue weighted by atomic mass is 10.0. The molecular formula is C23H35N5O6S. The van der Waals surface area contributed by atoms with Crippen molar-refractivity contribution in [2.45, 2.75) is 56.9 Å². The van der Waals surface area contributed by atoms with Crippen molar-refractivity contribution < 1.29 is 27.8 Å². The van der Waals surface area contributed by atoms with Crippen LogP contribution in [-0.2, 0) is 32.7 Å². The van der Waals surface area contributed by atoms with Crippen LogP contribution in [-0.4, -0.2) is 89.6 Å². The highest BCUT2D eigenvalue weighted by molar-refractivity contribution is 7.89. The summed E-state index contributed by atoms with van der Waals surface area (Å²) >= 11 is 0.